The molecule has 0 unspecified atom stereocenters. The molecule has 0 radical (unpaired) electrons. The molecule has 1 aromatic rings. The van der Waals surface area contributed by atoms with E-state index >= 15 is 0 Å². The molecule has 0 fully saturated rings. The lowest BCUT2D eigenvalue weighted by Gasteiger charge is -2.09. The van der Waals surface area contributed by atoms with E-state index < -0.39 is 23.6 Å². The Morgan fingerprint density at radius 1 is 1.19 bits per heavy atom. The van der Waals surface area contributed by atoms with Crippen LogP contribution in [0.1, 0.15) is 10.4 Å². The lowest BCUT2D eigenvalue weighted by atomic mass is 10.1. The van der Waals surface area contributed by atoms with E-state index in [2.05, 4.69) is 0 Å². The van der Waals surface area contributed by atoms with Crippen molar-refractivity contribution in [3.63, 3.8) is 0 Å². The predicted octanol–water partition coefficient (Wildman–Crippen LogP) is 2.29. The average molecular weight is 234 g/mol. The summed E-state index contributed by atoms with van der Waals surface area (Å²) in [5.74, 6) is -2.60. The molecular weight excluding hydrogens is 225 g/mol. The van der Waals surface area contributed by atoms with Crippen molar-refractivity contribution in [2.75, 3.05) is 14.2 Å². The second kappa shape index (κ2) is 4.87. The highest BCUT2D eigenvalue weighted by Gasteiger charge is 2.23. The topological polar surface area (TPSA) is 35.5 Å². The van der Waals surface area contributed by atoms with E-state index in [1.54, 1.807) is 0 Å². The Morgan fingerprint density at radius 3 is 2.12 bits per heavy atom. The summed E-state index contributed by atoms with van der Waals surface area (Å²) < 4.78 is 47.0. The van der Waals surface area contributed by atoms with Crippen molar-refractivity contribution in [2.24, 2.45) is 0 Å². The molecule has 0 aliphatic carbocycles. The molecular formula is C10H9F3O3. The summed E-state index contributed by atoms with van der Waals surface area (Å²) in [7, 11) is 2.53. The quantitative estimate of drug-likeness (QED) is 0.750. The molecule has 0 aliphatic rings. The van der Waals surface area contributed by atoms with E-state index in [1.165, 1.54) is 14.2 Å². The van der Waals surface area contributed by atoms with Crippen LogP contribution in [0.25, 0.3) is 0 Å². The zero-order valence-electron chi connectivity index (χ0n) is 8.59. The number of ether oxygens (including phenoxy) is 2. The van der Waals surface area contributed by atoms with Crippen molar-refractivity contribution in [1.82, 2.24) is 0 Å². The minimum Gasteiger partial charge on any atom is -0.493 e. The molecule has 0 saturated heterocycles. The highest BCUT2D eigenvalue weighted by atomic mass is 19.3. The summed E-state index contributed by atoms with van der Waals surface area (Å²) in [6.07, 6.45) is -3.26. The summed E-state index contributed by atoms with van der Waals surface area (Å²) in [5, 5.41) is 0. The first-order valence-electron chi connectivity index (χ1n) is 4.25. The molecule has 0 amide bonds. The normalized spacial score (nSPS) is 10.4. The third kappa shape index (κ3) is 2.26. The van der Waals surface area contributed by atoms with Crippen LogP contribution in [0.3, 0.4) is 0 Å². The van der Waals surface area contributed by atoms with Gasteiger partial charge >= 0.3 is 6.43 Å². The van der Waals surface area contributed by atoms with Gasteiger partial charge in [0, 0.05) is 6.07 Å². The van der Waals surface area contributed by atoms with Crippen LogP contribution in [-0.4, -0.2) is 26.4 Å². The molecule has 0 heterocycles. The second-order valence-corrected chi connectivity index (χ2v) is 2.85. The number of carbonyl (C=O) groups excluding carboxylic acids is 1. The van der Waals surface area contributed by atoms with E-state index in [-0.39, 0.29) is 11.5 Å². The molecule has 1 rings (SSSR count). The third-order valence-electron chi connectivity index (χ3n) is 1.94. The first-order chi connectivity index (χ1) is 7.51. The van der Waals surface area contributed by atoms with Crippen LogP contribution in [0.5, 0.6) is 11.5 Å². The summed E-state index contributed by atoms with van der Waals surface area (Å²) in [6, 6.07) is 1.72. The number of hydrogen-bond acceptors (Lipinski definition) is 3. The number of benzene rings is 1. The number of Topliss-reactive ketones (excluding diaryl/α,β-unsaturated/α-hetero) is 1. The first kappa shape index (κ1) is 12.4. The van der Waals surface area contributed by atoms with Gasteiger partial charge in [0.2, 0.25) is 5.78 Å². The summed E-state index contributed by atoms with van der Waals surface area (Å²) >= 11 is 0. The second-order valence-electron chi connectivity index (χ2n) is 2.85. The van der Waals surface area contributed by atoms with E-state index in [0.29, 0.717) is 0 Å². The van der Waals surface area contributed by atoms with Crippen molar-refractivity contribution < 1.29 is 27.4 Å². The molecule has 0 N–H and O–H groups in total. The minimum atomic E-state index is -3.26. The Balaban J connectivity index is 3.26. The molecule has 16 heavy (non-hydrogen) atoms. The van der Waals surface area contributed by atoms with Crippen molar-refractivity contribution in [3.8, 4) is 11.5 Å². The Kier molecular flexibility index (Phi) is 3.76. The average Bonchev–Trinajstić information content (AvgIpc) is 2.27. The Bertz CT molecular complexity index is 405. The van der Waals surface area contributed by atoms with Gasteiger partial charge in [0.15, 0.2) is 11.5 Å². The van der Waals surface area contributed by atoms with Gasteiger partial charge in [-0.25, -0.2) is 13.2 Å². The highest BCUT2D eigenvalue weighted by Crippen LogP contribution is 2.30. The van der Waals surface area contributed by atoms with Gasteiger partial charge in [-0.05, 0) is 6.07 Å². The van der Waals surface area contributed by atoms with Crippen LogP contribution in [0.4, 0.5) is 13.2 Å². The molecule has 6 heteroatoms. The van der Waals surface area contributed by atoms with Crippen LogP contribution < -0.4 is 9.47 Å². The molecule has 0 aromatic heterocycles. The maximum absolute atomic E-state index is 13.3. The standard InChI is InChI=1S/C10H9F3O3/c1-15-7-3-5(9(14)10(12)13)6(11)4-8(7)16-2/h3-4,10H,1-2H3. The summed E-state index contributed by atoms with van der Waals surface area (Å²) in [6.45, 7) is 0. The van der Waals surface area contributed by atoms with Crippen molar-refractivity contribution >= 4 is 5.78 Å². The van der Waals surface area contributed by atoms with Crippen LogP contribution >= 0.6 is 0 Å². The van der Waals surface area contributed by atoms with Crippen LogP contribution in [0.2, 0.25) is 0 Å². The largest absolute Gasteiger partial charge is 0.493 e. The fourth-order valence-electron chi connectivity index (χ4n) is 1.16. The van der Waals surface area contributed by atoms with Crippen molar-refractivity contribution in [3.05, 3.63) is 23.5 Å². The molecule has 3 nitrogen and oxygen atoms in total. The SMILES string of the molecule is COc1cc(F)c(C(=O)C(F)F)cc1OC. The molecule has 0 atom stereocenters. The molecule has 0 spiro atoms. The van der Waals surface area contributed by atoms with Gasteiger partial charge in [-0.2, -0.15) is 0 Å². The van der Waals surface area contributed by atoms with Gasteiger partial charge in [0.25, 0.3) is 0 Å². The van der Waals surface area contributed by atoms with E-state index in [1.807, 2.05) is 0 Å². The molecule has 0 bridgehead atoms. The Morgan fingerprint density at radius 2 is 1.69 bits per heavy atom. The lowest BCUT2D eigenvalue weighted by Crippen LogP contribution is -2.12. The zero-order valence-corrected chi connectivity index (χ0v) is 8.59. The summed E-state index contributed by atoms with van der Waals surface area (Å²) in [4.78, 5) is 10.9. The molecule has 88 valence electrons. The molecule has 0 aliphatic heterocycles. The minimum absolute atomic E-state index is 0.0212. The smallest absolute Gasteiger partial charge is 0.300 e. The van der Waals surface area contributed by atoms with Crippen molar-refractivity contribution in [2.45, 2.75) is 6.43 Å². The van der Waals surface area contributed by atoms with E-state index in [9.17, 15) is 18.0 Å². The van der Waals surface area contributed by atoms with Gasteiger partial charge in [0.05, 0.1) is 19.8 Å². The number of rotatable bonds is 4. The number of halogens is 3. The van der Waals surface area contributed by atoms with Gasteiger partial charge in [0.1, 0.15) is 5.82 Å². The van der Waals surface area contributed by atoms with E-state index in [4.69, 9.17) is 9.47 Å². The van der Waals surface area contributed by atoms with Crippen LogP contribution in [-0.2, 0) is 0 Å². The number of alkyl halides is 2. The maximum Gasteiger partial charge on any atom is 0.300 e. The monoisotopic (exact) mass is 234 g/mol. The molecule has 0 saturated carbocycles. The van der Waals surface area contributed by atoms with Crippen LogP contribution in [0, 0.1) is 5.82 Å². The van der Waals surface area contributed by atoms with Gasteiger partial charge in [-0.15, -0.1) is 0 Å². The zero-order chi connectivity index (χ0) is 12.3. The first-order valence-corrected chi connectivity index (χ1v) is 4.25. The van der Waals surface area contributed by atoms with Gasteiger partial charge in [-0.3, -0.25) is 4.79 Å². The van der Waals surface area contributed by atoms with Gasteiger partial charge < -0.3 is 9.47 Å². The van der Waals surface area contributed by atoms with E-state index in [0.717, 1.165) is 12.1 Å². The number of hydrogen-bond donors (Lipinski definition) is 0. The lowest BCUT2D eigenvalue weighted by molar-refractivity contribution is 0.0673. The fraction of sp³-hybridized carbons (Fsp3) is 0.300. The van der Waals surface area contributed by atoms with Crippen molar-refractivity contribution in [1.29, 1.82) is 0 Å². The number of carbonyl (C=O) groups is 1. The predicted molar refractivity (Wildman–Crippen MR) is 49.8 cm³/mol. The highest BCUT2D eigenvalue weighted by molar-refractivity contribution is 5.99. The maximum atomic E-state index is 13.3. The van der Waals surface area contributed by atoms with Gasteiger partial charge in [-0.1, -0.05) is 0 Å². The number of methoxy groups -OCH3 is 2. The Hall–Kier alpha value is -1.72. The fourth-order valence-corrected chi connectivity index (χ4v) is 1.16. The summed E-state index contributed by atoms with van der Waals surface area (Å²) in [5.41, 5.74) is -0.715. The Labute approximate surface area is 89.8 Å². The number of ketones is 1. The van der Waals surface area contributed by atoms with Crippen LogP contribution in [0.15, 0.2) is 12.1 Å². The molecule has 1 aromatic carbocycles. The third-order valence-corrected chi connectivity index (χ3v) is 1.94.